The molecule has 1 aromatic heterocycles. The monoisotopic (exact) mass is 411 g/mol. The number of hydrogen-bond acceptors (Lipinski definition) is 4. The van der Waals surface area contributed by atoms with Gasteiger partial charge in [0.2, 0.25) is 5.91 Å². The van der Waals surface area contributed by atoms with Crippen molar-refractivity contribution in [2.24, 2.45) is 5.73 Å². The molecular formula is C22H26ClN5O. The van der Waals surface area contributed by atoms with Crippen LogP contribution in [0.3, 0.4) is 0 Å². The molecule has 1 amide bonds. The molecule has 3 aromatic rings. The van der Waals surface area contributed by atoms with Crippen LogP contribution in [0.25, 0.3) is 11.4 Å². The predicted octanol–water partition coefficient (Wildman–Crippen LogP) is 3.36. The molecule has 0 fully saturated rings. The van der Waals surface area contributed by atoms with Crippen molar-refractivity contribution < 1.29 is 4.79 Å². The van der Waals surface area contributed by atoms with Gasteiger partial charge in [-0.3, -0.25) is 4.79 Å². The van der Waals surface area contributed by atoms with E-state index in [-0.39, 0.29) is 30.9 Å². The summed E-state index contributed by atoms with van der Waals surface area (Å²) >= 11 is 0. The van der Waals surface area contributed by atoms with Gasteiger partial charge in [-0.05, 0) is 30.9 Å². The fraction of sp³-hybridized carbons (Fsp3) is 0.318. The number of amides is 1. The first-order valence-electron chi connectivity index (χ1n) is 9.72. The zero-order chi connectivity index (χ0) is 19.5. The lowest BCUT2D eigenvalue weighted by molar-refractivity contribution is -0.132. The van der Waals surface area contributed by atoms with Gasteiger partial charge in [-0.1, -0.05) is 54.6 Å². The van der Waals surface area contributed by atoms with Crippen LogP contribution in [0, 0.1) is 0 Å². The molecule has 1 aliphatic rings. The minimum Gasteiger partial charge on any atom is -0.337 e. The number of nitrogens with two attached hydrogens (primary N) is 1. The van der Waals surface area contributed by atoms with Gasteiger partial charge in [0.05, 0.1) is 6.04 Å². The molecule has 0 saturated heterocycles. The second-order valence-corrected chi connectivity index (χ2v) is 7.29. The van der Waals surface area contributed by atoms with E-state index < -0.39 is 0 Å². The van der Waals surface area contributed by atoms with Gasteiger partial charge in [-0.25, -0.2) is 9.67 Å². The van der Waals surface area contributed by atoms with E-state index in [1.165, 1.54) is 11.1 Å². The number of carbonyl (C=O) groups is 1. The number of rotatable bonds is 4. The zero-order valence-electron chi connectivity index (χ0n) is 16.5. The van der Waals surface area contributed by atoms with Gasteiger partial charge in [-0.15, -0.1) is 12.4 Å². The number of fused-ring (bicyclic) bond motifs is 1. The molecule has 29 heavy (non-hydrogen) atoms. The van der Waals surface area contributed by atoms with E-state index in [1.807, 2.05) is 48.2 Å². The summed E-state index contributed by atoms with van der Waals surface area (Å²) in [5, 5.41) is 4.58. The van der Waals surface area contributed by atoms with Crippen LogP contribution in [-0.4, -0.2) is 32.1 Å². The Bertz CT molecular complexity index is 970. The van der Waals surface area contributed by atoms with E-state index in [1.54, 1.807) is 4.68 Å². The third-order valence-corrected chi connectivity index (χ3v) is 5.13. The number of halogens is 1. The molecule has 7 heteroatoms. The standard InChI is InChI=1S/C22H25N5O.ClH/c1-16(23)22-24-21(18-9-3-2-4-10-18)25-27(22)15-20(28)26-13-7-12-17-8-5-6-11-19(17)14-26;/h2-6,8-11,16H,7,12-15,23H2,1H3;1H/t16-;/m0./s1. The van der Waals surface area contributed by atoms with E-state index in [2.05, 4.69) is 28.3 Å². The maximum atomic E-state index is 13.0. The second-order valence-electron chi connectivity index (χ2n) is 7.29. The van der Waals surface area contributed by atoms with E-state index >= 15 is 0 Å². The summed E-state index contributed by atoms with van der Waals surface area (Å²) in [6, 6.07) is 17.8. The van der Waals surface area contributed by atoms with Gasteiger partial charge in [0.25, 0.3) is 0 Å². The van der Waals surface area contributed by atoms with Crippen LogP contribution in [0.1, 0.15) is 36.3 Å². The maximum absolute atomic E-state index is 13.0. The molecule has 0 spiro atoms. The fourth-order valence-corrected chi connectivity index (χ4v) is 3.66. The number of aromatic nitrogens is 3. The molecule has 0 radical (unpaired) electrons. The summed E-state index contributed by atoms with van der Waals surface area (Å²) in [5.41, 5.74) is 9.58. The smallest absolute Gasteiger partial charge is 0.244 e. The average Bonchev–Trinajstić information content (AvgIpc) is 3.00. The highest BCUT2D eigenvalue weighted by Gasteiger charge is 2.22. The summed E-state index contributed by atoms with van der Waals surface area (Å²) in [6.45, 7) is 3.41. The van der Waals surface area contributed by atoms with E-state index in [4.69, 9.17) is 5.73 Å². The van der Waals surface area contributed by atoms with Crippen molar-refractivity contribution in [2.45, 2.75) is 38.9 Å². The van der Waals surface area contributed by atoms with Crippen LogP contribution in [-0.2, 0) is 24.3 Å². The largest absolute Gasteiger partial charge is 0.337 e. The van der Waals surface area contributed by atoms with Crippen molar-refractivity contribution >= 4 is 18.3 Å². The Hall–Kier alpha value is -2.70. The lowest BCUT2D eigenvalue weighted by atomic mass is 10.0. The summed E-state index contributed by atoms with van der Waals surface area (Å²) in [7, 11) is 0. The highest BCUT2D eigenvalue weighted by molar-refractivity contribution is 5.85. The second kappa shape index (κ2) is 9.20. The SMILES string of the molecule is C[C@H](N)c1nc(-c2ccccc2)nn1CC(=O)N1CCCc2ccccc2C1.Cl. The fourth-order valence-electron chi connectivity index (χ4n) is 3.66. The van der Waals surface area contributed by atoms with Crippen molar-refractivity contribution in [2.75, 3.05) is 6.54 Å². The van der Waals surface area contributed by atoms with Crippen LogP contribution in [0.2, 0.25) is 0 Å². The Kier molecular flexibility index (Phi) is 6.67. The first kappa shape index (κ1) is 21.0. The molecule has 152 valence electrons. The minimum absolute atomic E-state index is 0. The third kappa shape index (κ3) is 4.66. The summed E-state index contributed by atoms with van der Waals surface area (Å²) in [6.07, 6.45) is 1.97. The molecule has 2 heterocycles. The van der Waals surface area contributed by atoms with Crippen LogP contribution in [0.5, 0.6) is 0 Å². The van der Waals surface area contributed by atoms with Gasteiger partial charge in [-0.2, -0.15) is 5.10 Å². The molecular weight excluding hydrogens is 386 g/mol. The number of benzene rings is 2. The van der Waals surface area contributed by atoms with Crippen molar-refractivity contribution in [3.63, 3.8) is 0 Å². The van der Waals surface area contributed by atoms with Crippen molar-refractivity contribution in [1.29, 1.82) is 0 Å². The maximum Gasteiger partial charge on any atom is 0.244 e. The Morgan fingerprint density at radius 2 is 1.79 bits per heavy atom. The van der Waals surface area contributed by atoms with Gasteiger partial charge >= 0.3 is 0 Å². The number of hydrogen-bond donors (Lipinski definition) is 1. The van der Waals surface area contributed by atoms with Crippen molar-refractivity contribution in [3.8, 4) is 11.4 Å². The van der Waals surface area contributed by atoms with Crippen molar-refractivity contribution in [3.05, 3.63) is 71.5 Å². The normalized spacial score (nSPS) is 14.5. The first-order chi connectivity index (χ1) is 13.6. The average molecular weight is 412 g/mol. The Morgan fingerprint density at radius 3 is 2.52 bits per heavy atom. The number of carbonyl (C=O) groups excluding carboxylic acids is 1. The Morgan fingerprint density at radius 1 is 1.10 bits per heavy atom. The quantitative estimate of drug-likeness (QED) is 0.714. The minimum atomic E-state index is -0.303. The summed E-state index contributed by atoms with van der Waals surface area (Å²) in [4.78, 5) is 19.6. The van der Waals surface area contributed by atoms with Crippen LogP contribution in [0.4, 0.5) is 0 Å². The molecule has 2 aromatic carbocycles. The lowest BCUT2D eigenvalue weighted by Crippen LogP contribution is -2.34. The van der Waals surface area contributed by atoms with Crippen LogP contribution in [0.15, 0.2) is 54.6 Å². The molecule has 4 rings (SSSR count). The van der Waals surface area contributed by atoms with Crippen LogP contribution < -0.4 is 5.73 Å². The summed E-state index contributed by atoms with van der Waals surface area (Å²) in [5.74, 6) is 1.27. The lowest BCUT2D eigenvalue weighted by Gasteiger charge is -2.21. The first-order valence-corrected chi connectivity index (χ1v) is 9.72. The zero-order valence-corrected chi connectivity index (χ0v) is 17.3. The molecule has 1 aliphatic heterocycles. The topological polar surface area (TPSA) is 77.0 Å². The third-order valence-electron chi connectivity index (χ3n) is 5.13. The predicted molar refractivity (Wildman–Crippen MR) is 115 cm³/mol. The molecule has 2 N–H and O–H groups in total. The highest BCUT2D eigenvalue weighted by Crippen LogP contribution is 2.20. The molecule has 0 saturated carbocycles. The van der Waals surface area contributed by atoms with Gasteiger partial charge in [0.15, 0.2) is 5.82 Å². The Balaban J connectivity index is 0.00000240. The van der Waals surface area contributed by atoms with Gasteiger partial charge in [0.1, 0.15) is 12.4 Å². The van der Waals surface area contributed by atoms with Crippen molar-refractivity contribution in [1.82, 2.24) is 19.7 Å². The Labute approximate surface area is 177 Å². The molecule has 6 nitrogen and oxygen atoms in total. The summed E-state index contributed by atoms with van der Waals surface area (Å²) < 4.78 is 1.66. The number of nitrogens with zero attached hydrogens (tertiary/aromatic N) is 4. The van der Waals surface area contributed by atoms with E-state index in [9.17, 15) is 4.79 Å². The number of aryl methyl sites for hydroxylation is 1. The molecule has 0 aliphatic carbocycles. The van der Waals surface area contributed by atoms with Crippen LogP contribution >= 0.6 is 12.4 Å². The highest BCUT2D eigenvalue weighted by atomic mass is 35.5. The van der Waals surface area contributed by atoms with E-state index in [0.717, 1.165) is 24.9 Å². The van der Waals surface area contributed by atoms with E-state index in [0.29, 0.717) is 18.2 Å². The van der Waals surface area contributed by atoms with Gasteiger partial charge < -0.3 is 10.6 Å². The molecule has 0 bridgehead atoms. The molecule has 0 unspecified atom stereocenters. The van der Waals surface area contributed by atoms with Gasteiger partial charge in [0, 0.05) is 18.7 Å². The molecule has 1 atom stereocenters.